The third-order valence-corrected chi connectivity index (χ3v) is 3.48. The molecular formula is C14H19F2NO. The number of nitrogens with one attached hydrogen (secondary N) is 1. The Kier molecular flexibility index (Phi) is 4.66. The van der Waals surface area contributed by atoms with Gasteiger partial charge in [-0.15, -0.1) is 0 Å². The van der Waals surface area contributed by atoms with Gasteiger partial charge in [-0.2, -0.15) is 0 Å². The molecule has 0 saturated heterocycles. The fourth-order valence-corrected chi connectivity index (χ4v) is 2.49. The van der Waals surface area contributed by atoms with E-state index in [4.69, 9.17) is 0 Å². The number of halogens is 2. The minimum Gasteiger partial charge on any atom is -0.393 e. The molecule has 2 atom stereocenters. The Balaban J connectivity index is 1.78. The van der Waals surface area contributed by atoms with Crippen LogP contribution in [0.15, 0.2) is 24.3 Å². The summed E-state index contributed by atoms with van der Waals surface area (Å²) in [6.45, 7) is 1.45. The van der Waals surface area contributed by atoms with E-state index in [1.807, 2.05) is 6.07 Å². The van der Waals surface area contributed by atoms with Crippen molar-refractivity contribution in [2.45, 2.75) is 38.3 Å². The zero-order valence-electron chi connectivity index (χ0n) is 10.3. The molecule has 1 aromatic carbocycles. The number of benzene rings is 1. The van der Waals surface area contributed by atoms with Crippen LogP contribution >= 0.6 is 0 Å². The molecule has 2 unspecified atom stereocenters. The highest BCUT2D eigenvalue weighted by Crippen LogP contribution is 2.24. The van der Waals surface area contributed by atoms with E-state index in [1.54, 1.807) is 12.1 Å². The zero-order chi connectivity index (χ0) is 13.0. The van der Waals surface area contributed by atoms with Gasteiger partial charge in [0.1, 0.15) is 0 Å². The van der Waals surface area contributed by atoms with E-state index in [2.05, 4.69) is 5.32 Å². The molecule has 1 aromatic rings. The van der Waals surface area contributed by atoms with Crippen LogP contribution in [0.5, 0.6) is 0 Å². The van der Waals surface area contributed by atoms with Crippen LogP contribution in [-0.2, 0) is 6.54 Å². The van der Waals surface area contributed by atoms with Crippen molar-refractivity contribution >= 4 is 0 Å². The van der Waals surface area contributed by atoms with Crippen molar-refractivity contribution in [1.82, 2.24) is 5.32 Å². The highest BCUT2D eigenvalue weighted by molar-refractivity contribution is 5.24. The molecule has 2 rings (SSSR count). The second-order valence-corrected chi connectivity index (χ2v) is 5.01. The molecule has 1 aliphatic rings. The standard InChI is InChI=1S/C14H19F2NO/c15-14(16)12-3-1-2-10(6-12)8-17-9-11-4-5-13(18)7-11/h1-3,6,11,13-14,17-18H,4-5,7-9H2. The van der Waals surface area contributed by atoms with Crippen LogP contribution in [0.1, 0.15) is 36.8 Å². The van der Waals surface area contributed by atoms with Crippen molar-refractivity contribution < 1.29 is 13.9 Å². The first kappa shape index (κ1) is 13.4. The summed E-state index contributed by atoms with van der Waals surface area (Å²) in [4.78, 5) is 0. The molecule has 0 aliphatic heterocycles. The van der Waals surface area contributed by atoms with Crippen LogP contribution < -0.4 is 5.32 Å². The first-order valence-corrected chi connectivity index (χ1v) is 6.41. The summed E-state index contributed by atoms with van der Waals surface area (Å²) in [5.74, 6) is 0.512. The number of hydrogen-bond donors (Lipinski definition) is 2. The molecule has 0 heterocycles. The van der Waals surface area contributed by atoms with Gasteiger partial charge in [0.2, 0.25) is 0 Å². The maximum Gasteiger partial charge on any atom is 0.263 e. The largest absolute Gasteiger partial charge is 0.393 e. The quantitative estimate of drug-likeness (QED) is 0.848. The van der Waals surface area contributed by atoms with Crippen molar-refractivity contribution in [2.75, 3.05) is 6.54 Å². The lowest BCUT2D eigenvalue weighted by Crippen LogP contribution is -2.21. The molecule has 0 amide bonds. The zero-order valence-corrected chi connectivity index (χ0v) is 10.3. The van der Waals surface area contributed by atoms with Crippen molar-refractivity contribution in [3.63, 3.8) is 0 Å². The minimum atomic E-state index is -2.41. The van der Waals surface area contributed by atoms with E-state index in [0.717, 1.165) is 31.4 Å². The van der Waals surface area contributed by atoms with Gasteiger partial charge >= 0.3 is 0 Å². The van der Waals surface area contributed by atoms with Gasteiger partial charge in [-0.3, -0.25) is 0 Å². The normalized spacial score (nSPS) is 23.8. The lowest BCUT2D eigenvalue weighted by molar-refractivity contribution is 0.151. The van der Waals surface area contributed by atoms with E-state index in [0.29, 0.717) is 12.5 Å². The number of alkyl halides is 2. The van der Waals surface area contributed by atoms with Crippen LogP contribution in [0.25, 0.3) is 0 Å². The van der Waals surface area contributed by atoms with Crippen molar-refractivity contribution in [3.05, 3.63) is 35.4 Å². The second kappa shape index (κ2) is 6.25. The number of rotatable bonds is 5. The monoisotopic (exact) mass is 255 g/mol. The third-order valence-electron chi connectivity index (χ3n) is 3.48. The van der Waals surface area contributed by atoms with Crippen molar-refractivity contribution in [2.24, 2.45) is 5.92 Å². The molecule has 18 heavy (non-hydrogen) atoms. The van der Waals surface area contributed by atoms with E-state index in [1.165, 1.54) is 6.07 Å². The summed E-state index contributed by atoms with van der Waals surface area (Å²) in [6, 6.07) is 6.50. The number of hydrogen-bond acceptors (Lipinski definition) is 2. The van der Waals surface area contributed by atoms with Crippen LogP contribution in [-0.4, -0.2) is 17.8 Å². The highest BCUT2D eigenvalue weighted by Gasteiger charge is 2.21. The average Bonchev–Trinajstić information content (AvgIpc) is 2.75. The molecule has 1 fully saturated rings. The lowest BCUT2D eigenvalue weighted by Gasteiger charge is -2.11. The second-order valence-electron chi connectivity index (χ2n) is 5.01. The molecule has 100 valence electrons. The number of aliphatic hydroxyl groups excluding tert-OH is 1. The van der Waals surface area contributed by atoms with Gasteiger partial charge in [-0.25, -0.2) is 8.78 Å². The SMILES string of the molecule is OC1CCC(CNCc2cccc(C(F)F)c2)C1. The Bertz CT molecular complexity index is 384. The van der Waals surface area contributed by atoms with Gasteiger partial charge in [0.05, 0.1) is 6.10 Å². The molecule has 4 heteroatoms. The van der Waals surface area contributed by atoms with Gasteiger partial charge in [0.15, 0.2) is 0 Å². The van der Waals surface area contributed by atoms with E-state index >= 15 is 0 Å². The minimum absolute atomic E-state index is 0.0746. The van der Waals surface area contributed by atoms with Crippen LogP contribution in [0.3, 0.4) is 0 Å². The van der Waals surface area contributed by atoms with Crippen molar-refractivity contribution in [1.29, 1.82) is 0 Å². The predicted molar refractivity (Wildman–Crippen MR) is 66.5 cm³/mol. The summed E-state index contributed by atoms with van der Waals surface area (Å²) in [5.41, 5.74) is 0.955. The fraction of sp³-hybridized carbons (Fsp3) is 0.571. The summed E-state index contributed by atoms with van der Waals surface area (Å²) in [6.07, 6.45) is 0.219. The van der Waals surface area contributed by atoms with Gasteiger partial charge in [0, 0.05) is 12.1 Å². The van der Waals surface area contributed by atoms with Crippen LogP contribution in [0.4, 0.5) is 8.78 Å². The van der Waals surface area contributed by atoms with Crippen LogP contribution in [0, 0.1) is 5.92 Å². The van der Waals surface area contributed by atoms with Gasteiger partial charge < -0.3 is 10.4 Å². The Morgan fingerprint density at radius 3 is 2.83 bits per heavy atom. The Hall–Kier alpha value is -1.00. The fourth-order valence-electron chi connectivity index (χ4n) is 2.49. The van der Waals surface area contributed by atoms with E-state index in [9.17, 15) is 13.9 Å². The van der Waals surface area contributed by atoms with E-state index in [-0.39, 0.29) is 11.7 Å². The molecule has 0 spiro atoms. The molecule has 0 bridgehead atoms. The van der Waals surface area contributed by atoms with Gasteiger partial charge in [0.25, 0.3) is 6.43 Å². The van der Waals surface area contributed by atoms with E-state index < -0.39 is 6.43 Å². The smallest absolute Gasteiger partial charge is 0.263 e. The summed E-state index contributed by atoms with van der Waals surface area (Å²) < 4.78 is 25.0. The Morgan fingerprint density at radius 1 is 1.33 bits per heavy atom. The molecular weight excluding hydrogens is 236 g/mol. The molecule has 0 aromatic heterocycles. The highest BCUT2D eigenvalue weighted by atomic mass is 19.3. The maximum atomic E-state index is 12.5. The first-order chi connectivity index (χ1) is 8.65. The average molecular weight is 255 g/mol. The van der Waals surface area contributed by atoms with Gasteiger partial charge in [-0.05, 0) is 43.4 Å². The topological polar surface area (TPSA) is 32.3 Å². The third kappa shape index (κ3) is 3.75. The van der Waals surface area contributed by atoms with Crippen LogP contribution in [0.2, 0.25) is 0 Å². The molecule has 1 aliphatic carbocycles. The molecule has 1 saturated carbocycles. The van der Waals surface area contributed by atoms with Crippen molar-refractivity contribution in [3.8, 4) is 0 Å². The first-order valence-electron chi connectivity index (χ1n) is 6.41. The molecule has 2 nitrogen and oxygen atoms in total. The maximum absolute atomic E-state index is 12.5. The molecule has 2 N–H and O–H groups in total. The lowest BCUT2D eigenvalue weighted by atomic mass is 10.1. The summed E-state index contributed by atoms with van der Waals surface area (Å²) in [7, 11) is 0. The summed E-state index contributed by atoms with van der Waals surface area (Å²) in [5, 5.41) is 12.7. The summed E-state index contributed by atoms with van der Waals surface area (Å²) >= 11 is 0. The Labute approximate surface area is 106 Å². The predicted octanol–water partition coefficient (Wildman–Crippen LogP) is 2.87. The molecule has 0 radical (unpaired) electrons. The Morgan fingerprint density at radius 2 is 2.17 bits per heavy atom. The van der Waals surface area contributed by atoms with Gasteiger partial charge in [-0.1, -0.05) is 18.2 Å². The number of aliphatic hydroxyl groups is 1.